The SMILES string of the molecule is CC[C@H](C)[C@@H]([C@@H](CC(=O)N1CCC[C@H]1[C@H](OC)[C@@H](C)C(=O)N[C@@H](Cc1ccc(OCCCCCC(=O)N2CCC(C(=O)O)CC2)cc1)C(=O)NS(=O)(=O)C1CC1)OC)N(C)C(=O)[C@@H](NC(=O)[C@H](C(C)C)N(C)C)C(C)C. The van der Waals surface area contributed by atoms with Gasteiger partial charge in [-0.1, -0.05) is 67.0 Å². The van der Waals surface area contributed by atoms with Crippen LogP contribution in [0.5, 0.6) is 5.75 Å². The molecule has 430 valence electrons. The molecule has 20 nitrogen and oxygen atoms in total. The molecule has 0 spiro atoms. The number of likely N-dealkylation sites (tertiary alicyclic amines) is 2. The quantitative estimate of drug-likeness (QED) is 0.0761. The molecule has 2 aliphatic heterocycles. The highest BCUT2D eigenvalue weighted by Gasteiger charge is 2.44. The number of hydrogen-bond donors (Lipinski definition) is 4. The van der Waals surface area contributed by atoms with E-state index in [2.05, 4.69) is 15.4 Å². The van der Waals surface area contributed by atoms with E-state index in [1.54, 1.807) is 52.9 Å². The molecule has 2 heterocycles. The third-order valence-corrected chi connectivity index (χ3v) is 17.5. The minimum atomic E-state index is -3.96. The van der Waals surface area contributed by atoms with Gasteiger partial charge in [-0.2, -0.15) is 0 Å². The van der Waals surface area contributed by atoms with Crippen molar-refractivity contribution in [3.05, 3.63) is 29.8 Å². The summed E-state index contributed by atoms with van der Waals surface area (Å²) in [4.78, 5) is 101. The van der Waals surface area contributed by atoms with Crippen LogP contribution in [0.4, 0.5) is 0 Å². The van der Waals surface area contributed by atoms with E-state index in [0.29, 0.717) is 102 Å². The first-order valence-electron chi connectivity index (χ1n) is 27.5. The standard InChI is InChI=1S/C55H91N7O13S/c1-13-36(6)49(60(10)54(68)47(34(2)3)57-53(67)48(35(4)5)59(8)9)44(73-11)33-46(64)62-28-17-18-43(62)50(74-12)37(7)51(65)56-42(52(66)58-76(71,72)41-24-25-41)32-38-20-22-40(23-21-38)75-31-16-14-15-19-45(63)61-29-26-39(27-30-61)55(69)70/h20-23,34-37,39,41-44,47-50H,13-19,24-33H2,1-12H3,(H,56,65)(H,57,67)(H,58,66)(H,69,70)/t36-,37+,42-,43-,44+,47-,48-,49-,50+/m0/s1. The number of piperidine rings is 1. The molecule has 1 aromatic carbocycles. The third kappa shape index (κ3) is 17.8. The molecule has 76 heavy (non-hydrogen) atoms. The Labute approximate surface area is 452 Å². The minimum absolute atomic E-state index is 0.000877. The molecule has 9 atom stereocenters. The molecule has 1 aromatic rings. The van der Waals surface area contributed by atoms with Gasteiger partial charge in [0, 0.05) is 53.7 Å². The van der Waals surface area contributed by atoms with Gasteiger partial charge in [0.15, 0.2) is 0 Å². The molecule has 0 bridgehead atoms. The van der Waals surface area contributed by atoms with Crippen LogP contribution in [0.1, 0.15) is 131 Å². The molecule has 0 aromatic heterocycles. The second kappa shape index (κ2) is 29.8. The number of carbonyl (C=O) groups excluding carboxylic acids is 6. The van der Waals surface area contributed by atoms with Crippen molar-refractivity contribution in [2.75, 3.05) is 61.6 Å². The van der Waals surface area contributed by atoms with Gasteiger partial charge in [0.2, 0.25) is 39.6 Å². The van der Waals surface area contributed by atoms with Crippen LogP contribution in [0.3, 0.4) is 0 Å². The first-order valence-corrected chi connectivity index (χ1v) is 29.1. The Balaban J connectivity index is 1.41. The van der Waals surface area contributed by atoms with Crippen molar-refractivity contribution < 1.29 is 61.3 Å². The highest BCUT2D eigenvalue weighted by atomic mass is 32.2. The number of nitrogens with zero attached hydrogens (tertiary/aromatic N) is 4. The molecule has 1 aliphatic carbocycles. The number of likely N-dealkylation sites (N-methyl/N-ethyl adjacent to an activating group) is 2. The van der Waals surface area contributed by atoms with Crippen molar-refractivity contribution in [2.45, 2.75) is 180 Å². The Hall–Kier alpha value is -4.86. The van der Waals surface area contributed by atoms with E-state index < -0.39 is 87.3 Å². The summed E-state index contributed by atoms with van der Waals surface area (Å²) < 4.78 is 46.2. The molecule has 6 amide bonds. The summed E-state index contributed by atoms with van der Waals surface area (Å²) in [5.41, 5.74) is 0.635. The fraction of sp³-hybridized carbons (Fsp3) is 0.764. The highest BCUT2D eigenvalue weighted by Crippen LogP contribution is 2.31. The second-order valence-electron chi connectivity index (χ2n) is 22.2. The average molecular weight is 1090 g/mol. The van der Waals surface area contributed by atoms with Gasteiger partial charge < -0.3 is 44.7 Å². The number of amides is 6. The minimum Gasteiger partial charge on any atom is -0.494 e. The van der Waals surface area contributed by atoms with Gasteiger partial charge in [-0.3, -0.25) is 43.2 Å². The van der Waals surface area contributed by atoms with Crippen molar-refractivity contribution in [3.63, 3.8) is 0 Å². The van der Waals surface area contributed by atoms with E-state index in [-0.39, 0.29) is 54.2 Å². The third-order valence-electron chi connectivity index (χ3n) is 15.6. The lowest BCUT2D eigenvalue weighted by atomic mass is 9.89. The fourth-order valence-electron chi connectivity index (χ4n) is 10.8. The Morgan fingerprint density at radius 3 is 1.96 bits per heavy atom. The van der Waals surface area contributed by atoms with Crippen LogP contribution in [-0.2, 0) is 59.5 Å². The second-order valence-corrected chi connectivity index (χ2v) is 24.2. The maximum atomic E-state index is 14.5. The maximum absolute atomic E-state index is 14.5. The zero-order valence-electron chi connectivity index (χ0n) is 47.4. The summed E-state index contributed by atoms with van der Waals surface area (Å²) in [5, 5.41) is 14.4. The number of carboxylic acid groups (broad SMARTS) is 1. The Morgan fingerprint density at radius 2 is 1.42 bits per heavy atom. The van der Waals surface area contributed by atoms with Crippen molar-refractivity contribution in [1.29, 1.82) is 0 Å². The van der Waals surface area contributed by atoms with E-state index in [4.69, 9.17) is 14.2 Å². The van der Waals surface area contributed by atoms with Crippen LogP contribution >= 0.6 is 0 Å². The van der Waals surface area contributed by atoms with Gasteiger partial charge in [0.25, 0.3) is 5.91 Å². The summed E-state index contributed by atoms with van der Waals surface area (Å²) in [6.45, 7) is 15.1. The predicted octanol–water partition coefficient (Wildman–Crippen LogP) is 4.23. The summed E-state index contributed by atoms with van der Waals surface area (Å²) in [6, 6.07) is 3.33. The smallest absolute Gasteiger partial charge is 0.306 e. The molecule has 2 saturated heterocycles. The number of ether oxygens (including phenoxy) is 3. The number of nitrogens with one attached hydrogen (secondary N) is 3. The molecule has 0 unspecified atom stereocenters. The lowest BCUT2D eigenvalue weighted by Crippen LogP contribution is -2.59. The number of methoxy groups -OCH3 is 2. The number of carbonyl (C=O) groups is 7. The molecule has 3 aliphatic rings. The van der Waals surface area contributed by atoms with Crippen LogP contribution in [0.25, 0.3) is 0 Å². The van der Waals surface area contributed by atoms with Crippen LogP contribution in [-0.4, -0.2) is 184 Å². The molecular weight excluding hydrogens is 999 g/mol. The monoisotopic (exact) mass is 1090 g/mol. The number of unbranched alkanes of at least 4 members (excludes halogenated alkanes) is 2. The van der Waals surface area contributed by atoms with Gasteiger partial charge in [0.05, 0.1) is 60.4 Å². The number of aliphatic carboxylic acids is 1. The molecule has 3 fully saturated rings. The molecular formula is C55H91N7O13S. The summed E-state index contributed by atoms with van der Waals surface area (Å²) in [5.74, 6) is -4.03. The Bertz CT molecular complexity index is 2190. The summed E-state index contributed by atoms with van der Waals surface area (Å²) in [6.07, 6.45) is 4.56. The maximum Gasteiger partial charge on any atom is 0.306 e. The highest BCUT2D eigenvalue weighted by molar-refractivity contribution is 7.90. The summed E-state index contributed by atoms with van der Waals surface area (Å²) in [7, 11) is 4.38. The van der Waals surface area contributed by atoms with Crippen LogP contribution in [0, 0.1) is 29.6 Å². The van der Waals surface area contributed by atoms with Crippen molar-refractivity contribution in [2.24, 2.45) is 29.6 Å². The normalized spacial score (nSPS) is 19.5. The zero-order chi connectivity index (χ0) is 56.6. The lowest BCUT2D eigenvalue weighted by Gasteiger charge is -2.41. The van der Waals surface area contributed by atoms with Crippen molar-refractivity contribution in [1.82, 2.24) is 35.0 Å². The van der Waals surface area contributed by atoms with Crippen molar-refractivity contribution >= 4 is 51.4 Å². The van der Waals surface area contributed by atoms with Crippen LogP contribution in [0.15, 0.2) is 24.3 Å². The Kier molecular flexibility index (Phi) is 24.9. The van der Waals surface area contributed by atoms with Gasteiger partial charge in [0.1, 0.15) is 17.8 Å². The van der Waals surface area contributed by atoms with E-state index in [9.17, 15) is 47.1 Å². The lowest BCUT2D eigenvalue weighted by molar-refractivity contribution is -0.148. The van der Waals surface area contributed by atoms with E-state index in [0.717, 1.165) is 6.42 Å². The number of benzene rings is 1. The molecule has 1 saturated carbocycles. The van der Waals surface area contributed by atoms with E-state index in [1.165, 1.54) is 14.2 Å². The number of sulfonamides is 1. The topological polar surface area (TPSA) is 251 Å². The van der Waals surface area contributed by atoms with Gasteiger partial charge >= 0.3 is 5.97 Å². The first-order chi connectivity index (χ1) is 35.9. The molecule has 0 radical (unpaired) electrons. The Morgan fingerprint density at radius 1 is 0.776 bits per heavy atom. The van der Waals surface area contributed by atoms with E-state index in [1.807, 2.05) is 60.5 Å². The van der Waals surface area contributed by atoms with Crippen molar-refractivity contribution in [3.8, 4) is 5.75 Å². The zero-order valence-corrected chi connectivity index (χ0v) is 48.2. The van der Waals surface area contributed by atoms with Gasteiger partial charge in [-0.15, -0.1) is 0 Å². The average Bonchev–Trinajstić information content (AvgIpc) is 4.14. The summed E-state index contributed by atoms with van der Waals surface area (Å²) >= 11 is 0. The first kappa shape index (κ1) is 63.7. The largest absolute Gasteiger partial charge is 0.494 e. The number of hydrogen-bond acceptors (Lipinski definition) is 13. The predicted molar refractivity (Wildman–Crippen MR) is 288 cm³/mol. The van der Waals surface area contributed by atoms with Crippen LogP contribution < -0.4 is 20.1 Å². The number of carboxylic acids is 1. The molecule has 4 rings (SSSR count). The van der Waals surface area contributed by atoms with Crippen LogP contribution in [0.2, 0.25) is 0 Å². The fourth-order valence-corrected chi connectivity index (χ4v) is 12.2. The molecule has 21 heteroatoms. The molecule has 4 N–H and O–H groups in total. The number of rotatable bonds is 31. The van der Waals surface area contributed by atoms with Gasteiger partial charge in [-0.25, -0.2) is 8.42 Å². The van der Waals surface area contributed by atoms with E-state index >= 15 is 0 Å². The van der Waals surface area contributed by atoms with Gasteiger partial charge in [-0.05, 0) is 107 Å².